The van der Waals surface area contributed by atoms with Gasteiger partial charge in [-0.05, 0) is 37.3 Å². The first-order chi connectivity index (χ1) is 12.6. The molecular formula is C19H19NO6. The molecule has 7 heteroatoms. The van der Waals surface area contributed by atoms with Crippen molar-refractivity contribution in [2.45, 2.75) is 13.0 Å². The third-order valence-electron chi connectivity index (χ3n) is 3.80. The molecular weight excluding hydrogens is 338 g/mol. The summed E-state index contributed by atoms with van der Waals surface area (Å²) < 4.78 is 21.3. The number of fused-ring (bicyclic) bond motifs is 1. The van der Waals surface area contributed by atoms with Gasteiger partial charge in [0.2, 0.25) is 0 Å². The number of para-hydroxylation sites is 2. The fraction of sp³-hybridized carbons (Fsp3) is 0.263. The van der Waals surface area contributed by atoms with Crippen LogP contribution in [0.1, 0.15) is 17.3 Å². The third-order valence-corrected chi connectivity index (χ3v) is 3.80. The van der Waals surface area contributed by atoms with Crippen LogP contribution in [0.3, 0.4) is 0 Å². The quantitative estimate of drug-likeness (QED) is 0.829. The zero-order valence-corrected chi connectivity index (χ0v) is 14.5. The number of methoxy groups -OCH3 is 1. The summed E-state index contributed by atoms with van der Waals surface area (Å²) in [6, 6.07) is 11.7. The lowest BCUT2D eigenvalue weighted by Gasteiger charge is -2.19. The Labute approximate surface area is 150 Å². The van der Waals surface area contributed by atoms with E-state index in [0.29, 0.717) is 36.1 Å². The average molecular weight is 357 g/mol. The minimum Gasteiger partial charge on any atom is -0.495 e. The molecule has 1 amide bonds. The SMILES string of the molecule is COc1ccccc1NC(=O)C(C)OC(=O)c1ccc2c(c1)OCCO2. The number of hydrogen-bond donors (Lipinski definition) is 1. The molecule has 2 aromatic rings. The highest BCUT2D eigenvalue weighted by molar-refractivity contribution is 5.98. The maximum atomic E-state index is 12.3. The smallest absolute Gasteiger partial charge is 0.339 e. The Kier molecular flexibility index (Phi) is 5.26. The van der Waals surface area contributed by atoms with E-state index in [9.17, 15) is 9.59 Å². The Hall–Kier alpha value is -3.22. The first-order valence-corrected chi connectivity index (χ1v) is 8.13. The van der Waals surface area contributed by atoms with Crippen molar-refractivity contribution in [3.05, 3.63) is 48.0 Å². The summed E-state index contributed by atoms with van der Waals surface area (Å²) in [7, 11) is 1.51. The lowest BCUT2D eigenvalue weighted by Crippen LogP contribution is -2.30. The van der Waals surface area contributed by atoms with Gasteiger partial charge in [-0.25, -0.2) is 4.79 Å². The number of amides is 1. The van der Waals surface area contributed by atoms with Crippen LogP contribution in [-0.4, -0.2) is 38.3 Å². The summed E-state index contributed by atoms with van der Waals surface area (Å²) in [5, 5.41) is 2.68. The number of carbonyl (C=O) groups excluding carboxylic acids is 2. The van der Waals surface area contributed by atoms with Crippen molar-refractivity contribution in [3.63, 3.8) is 0 Å². The van der Waals surface area contributed by atoms with E-state index < -0.39 is 18.0 Å². The molecule has 0 radical (unpaired) electrons. The predicted molar refractivity (Wildman–Crippen MR) is 93.9 cm³/mol. The number of carbonyl (C=O) groups is 2. The fourth-order valence-corrected chi connectivity index (χ4v) is 2.43. The summed E-state index contributed by atoms with van der Waals surface area (Å²) in [5.41, 5.74) is 0.786. The average Bonchev–Trinajstić information content (AvgIpc) is 2.67. The first kappa shape index (κ1) is 17.6. The normalized spacial score (nSPS) is 13.5. The second-order valence-electron chi connectivity index (χ2n) is 5.60. The Morgan fingerprint density at radius 1 is 1.08 bits per heavy atom. The largest absolute Gasteiger partial charge is 0.495 e. The lowest BCUT2D eigenvalue weighted by atomic mass is 10.2. The van der Waals surface area contributed by atoms with E-state index in [-0.39, 0.29) is 5.56 Å². The van der Waals surface area contributed by atoms with Gasteiger partial charge in [0.25, 0.3) is 5.91 Å². The number of rotatable bonds is 5. The van der Waals surface area contributed by atoms with Crippen molar-refractivity contribution in [2.75, 3.05) is 25.6 Å². The Balaban J connectivity index is 1.64. The Bertz CT molecular complexity index is 819. The zero-order valence-electron chi connectivity index (χ0n) is 14.5. The molecule has 1 aliphatic heterocycles. The molecule has 0 fully saturated rings. The summed E-state index contributed by atoms with van der Waals surface area (Å²) in [6.07, 6.45) is -0.986. The van der Waals surface area contributed by atoms with Crippen LogP contribution in [-0.2, 0) is 9.53 Å². The minimum atomic E-state index is -0.986. The lowest BCUT2D eigenvalue weighted by molar-refractivity contribution is -0.123. The number of ether oxygens (including phenoxy) is 4. The summed E-state index contributed by atoms with van der Waals surface area (Å²) >= 11 is 0. The molecule has 0 aliphatic carbocycles. The monoisotopic (exact) mass is 357 g/mol. The van der Waals surface area contributed by atoms with Crippen molar-refractivity contribution in [3.8, 4) is 17.2 Å². The molecule has 1 atom stereocenters. The molecule has 1 unspecified atom stereocenters. The highest BCUT2D eigenvalue weighted by Gasteiger charge is 2.22. The number of anilines is 1. The van der Waals surface area contributed by atoms with Crippen molar-refractivity contribution >= 4 is 17.6 Å². The highest BCUT2D eigenvalue weighted by atomic mass is 16.6. The van der Waals surface area contributed by atoms with Gasteiger partial charge in [0.15, 0.2) is 17.6 Å². The third kappa shape index (κ3) is 3.88. The molecule has 26 heavy (non-hydrogen) atoms. The molecule has 1 aliphatic rings. The minimum absolute atomic E-state index is 0.284. The summed E-state index contributed by atoms with van der Waals surface area (Å²) in [5.74, 6) is 0.503. The van der Waals surface area contributed by atoms with E-state index in [1.165, 1.54) is 14.0 Å². The van der Waals surface area contributed by atoms with E-state index in [4.69, 9.17) is 18.9 Å². The van der Waals surface area contributed by atoms with Crippen LogP contribution in [0.25, 0.3) is 0 Å². The molecule has 136 valence electrons. The predicted octanol–water partition coefficient (Wildman–Crippen LogP) is 2.65. The van der Waals surface area contributed by atoms with Crippen LogP contribution in [0, 0.1) is 0 Å². The van der Waals surface area contributed by atoms with Gasteiger partial charge in [0.05, 0.1) is 18.4 Å². The Morgan fingerprint density at radius 3 is 2.58 bits per heavy atom. The van der Waals surface area contributed by atoms with Crippen LogP contribution < -0.4 is 19.5 Å². The number of hydrogen-bond acceptors (Lipinski definition) is 6. The van der Waals surface area contributed by atoms with Crippen LogP contribution in [0.4, 0.5) is 5.69 Å². The van der Waals surface area contributed by atoms with Gasteiger partial charge in [0.1, 0.15) is 19.0 Å². The zero-order chi connectivity index (χ0) is 18.5. The molecule has 3 rings (SSSR count). The van der Waals surface area contributed by atoms with Gasteiger partial charge >= 0.3 is 5.97 Å². The van der Waals surface area contributed by atoms with Gasteiger partial charge in [-0.15, -0.1) is 0 Å². The molecule has 2 aromatic carbocycles. The maximum Gasteiger partial charge on any atom is 0.339 e. The van der Waals surface area contributed by atoms with Crippen molar-refractivity contribution in [1.29, 1.82) is 0 Å². The molecule has 0 saturated carbocycles. The molecule has 0 spiro atoms. The van der Waals surface area contributed by atoms with Crippen LogP contribution >= 0.6 is 0 Å². The second-order valence-corrected chi connectivity index (χ2v) is 5.60. The fourth-order valence-electron chi connectivity index (χ4n) is 2.43. The first-order valence-electron chi connectivity index (χ1n) is 8.13. The van der Waals surface area contributed by atoms with Gasteiger partial charge in [-0.1, -0.05) is 12.1 Å². The van der Waals surface area contributed by atoms with Crippen molar-refractivity contribution in [2.24, 2.45) is 0 Å². The molecule has 7 nitrogen and oxygen atoms in total. The topological polar surface area (TPSA) is 83.1 Å². The van der Waals surface area contributed by atoms with E-state index >= 15 is 0 Å². The van der Waals surface area contributed by atoms with E-state index in [2.05, 4.69) is 5.32 Å². The Morgan fingerprint density at radius 2 is 1.81 bits per heavy atom. The molecule has 1 heterocycles. The van der Waals surface area contributed by atoms with Crippen LogP contribution in [0.2, 0.25) is 0 Å². The van der Waals surface area contributed by atoms with Crippen molar-refractivity contribution < 1.29 is 28.5 Å². The van der Waals surface area contributed by atoms with Gasteiger partial charge in [0, 0.05) is 0 Å². The van der Waals surface area contributed by atoms with E-state index in [1.807, 2.05) is 0 Å². The highest BCUT2D eigenvalue weighted by Crippen LogP contribution is 2.31. The summed E-state index contributed by atoms with van der Waals surface area (Å²) in [6.45, 7) is 2.39. The maximum absolute atomic E-state index is 12.3. The van der Waals surface area contributed by atoms with E-state index in [1.54, 1.807) is 42.5 Å². The van der Waals surface area contributed by atoms with Crippen LogP contribution in [0.15, 0.2) is 42.5 Å². The van der Waals surface area contributed by atoms with Crippen LogP contribution in [0.5, 0.6) is 17.2 Å². The number of esters is 1. The standard InChI is InChI=1S/C19H19NO6/c1-12(18(21)20-14-5-3-4-6-15(14)23-2)26-19(22)13-7-8-16-17(11-13)25-10-9-24-16/h3-8,11-12H,9-10H2,1-2H3,(H,20,21). The van der Waals surface area contributed by atoms with Gasteiger partial charge in [-0.2, -0.15) is 0 Å². The molecule has 0 saturated heterocycles. The van der Waals surface area contributed by atoms with E-state index in [0.717, 1.165) is 0 Å². The molecule has 1 N–H and O–H groups in total. The molecule has 0 aromatic heterocycles. The number of nitrogens with one attached hydrogen (secondary N) is 1. The van der Waals surface area contributed by atoms with Crippen molar-refractivity contribution in [1.82, 2.24) is 0 Å². The van der Waals surface area contributed by atoms with Gasteiger partial charge in [-0.3, -0.25) is 4.79 Å². The summed E-state index contributed by atoms with van der Waals surface area (Å²) in [4.78, 5) is 24.6. The molecule has 0 bridgehead atoms. The second kappa shape index (κ2) is 7.77. The number of benzene rings is 2. The van der Waals surface area contributed by atoms with Gasteiger partial charge < -0.3 is 24.3 Å².